The van der Waals surface area contributed by atoms with Crippen molar-refractivity contribution in [3.63, 3.8) is 0 Å². The highest BCUT2D eigenvalue weighted by Gasteiger charge is 2.48. The first-order valence-electron chi connectivity index (χ1n) is 14.3. The van der Waals surface area contributed by atoms with Crippen molar-refractivity contribution in [1.82, 2.24) is 0 Å². The molecule has 6 atom stereocenters. The topological polar surface area (TPSA) is 178 Å². The summed E-state index contributed by atoms with van der Waals surface area (Å²) in [4.78, 5) is 12.3. The summed E-state index contributed by atoms with van der Waals surface area (Å²) in [6, 6.07) is 0. The summed E-state index contributed by atoms with van der Waals surface area (Å²) in [5, 5.41) is 30.1. The Bertz CT molecular complexity index is 734. The Kier molecular flexibility index (Phi) is 19.4. The number of aliphatic hydroxyl groups is 3. The highest BCUT2D eigenvalue weighted by Crippen LogP contribution is 2.25. The highest BCUT2D eigenvalue weighted by molar-refractivity contribution is 7.80. The van der Waals surface area contributed by atoms with E-state index in [1.807, 2.05) is 6.92 Å². The molecule has 12 nitrogen and oxygen atoms in total. The molecular weight excluding hydrogens is 536 g/mol. The second-order valence-electron chi connectivity index (χ2n) is 10.0. The summed E-state index contributed by atoms with van der Waals surface area (Å²) in [6.07, 6.45) is 4.10. The quantitative estimate of drug-likeness (QED) is 0.0783. The minimum Gasteiger partial charge on any atom is -0.457 e. The molecule has 1 heterocycles. The number of aliphatic hydroxyl groups excluding tert-OH is 3. The molecule has 1 aliphatic rings. The molecule has 39 heavy (non-hydrogen) atoms. The first-order chi connectivity index (χ1) is 18.6. The summed E-state index contributed by atoms with van der Waals surface area (Å²) < 4.78 is 57.8. The lowest BCUT2D eigenvalue weighted by Gasteiger charge is -2.41. The standard InChI is InChI=1S/C26H50O12S/c1-3-5-7-8-9-10-11-12-14-16-34-18-20(36-22(28)15-13-6-4-2)19-35-26-24(30)25(38-39(31,32)33)23(29)21(17-27)37-26/h20-21,23-27,29-30H,3-19H2,1-2H3,(H,31,32,33). The monoisotopic (exact) mass is 586 g/mol. The van der Waals surface area contributed by atoms with E-state index < -0.39 is 59.8 Å². The molecule has 6 unspecified atom stereocenters. The van der Waals surface area contributed by atoms with Crippen molar-refractivity contribution in [2.75, 3.05) is 26.4 Å². The molecule has 1 aliphatic heterocycles. The van der Waals surface area contributed by atoms with Crippen LogP contribution in [0.25, 0.3) is 0 Å². The average Bonchev–Trinajstić information content (AvgIpc) is 2.88. The fourth-order valence-electron chi connectivity index (χ4n) is 4.26. The largest absolute Gasteiger partial charge is 0.457 e. The van der Waals surface area contributed by atoms with Crippen LogP contribution in [0.1, 0.15) is 97.3 Å². The summed E-state index contributed by atoms with van der Waals surface area (Å²) in [6.45, 7) is 3.73. The summed E-state index contributed by atoms with van der Waals surface area (Å²) in [5.74, 6) is -0.426. The fraction of sp³-hybridized carbons (Fsp3) is 0.962. The maximum Gasteiger partial charge on any atom is 0.397 e. The predicted octanol–water partition coefficient (Wildman–Crippen LogP) is 2.67. The number of esters is 1. The van der Waals surface area contributed by atoms with Crippen molar-refractivity contribution in [3.05, 3.63) is 0 Å². The molecule has 0 aromatic heterocycles. The third kappa shape index (κ3) is 16.2. The number of carbonyl (C=O) groups excluding carboxylic acids is 1. The van der Waals surface area contributed by atoms with E-state index in [1.165, 1.54) is 38.5 Å². The number of carbonyl (C=O) groups is 1. The Balaban J connectivity index is 2.59. The molecular formula is C26H50O12S. The van der Waals surface area contributed by atoms with Gasteiger partial charge in [0.25, 0.3) is 0 Å². The lowest BCUT2D eigenvalue weighted by Crippen LogP contribution is -2.60. The summed E-state index contributed by atoms with van der Waals surface area (Å²) in [5.41, 5.74) is 0. The van der Waals surface area contributed by atoms with Gasteiger partial charge in [-0.1, -0.05) is 78.1 Å². The van der Waals surface area contributed by atoms with Crippen LogP contribution in [0.5, 0.6) is 0 Å². The Labute approximate surface area is 233 Å². The van der Waals surface area contributed by atoms with Crippen molar-refractivity contribution in [3.8, 4) is 0 Å². The van der Waals surface area contributed by atoms with E-state index in [0.717, 1.165) is 32.1 Å². The second-order valence-corrected chi connectivity index (χ2v) is 11.0. The van der Waals surface area contributed by atoms with E-state index >= 15 is 0 Å². The van der Waals surface area contributed by atoms with Gasteiger partial charge in [-0.05, 0) is 12.8 Å². The van der Waals surface area contributed by atoms with Gasteiger partial charge in [0, 0.05) is 13.0 Å². The Morgan fingerprint density at radius 1 is 0.872 bits per heavy atom. The zero-order valence-corrected chi connectivity index (χ0v) is 24.3. The van der Waals surface area contributed by atoms with Crippen LogP contribution in [-0.2, 0) is 38.3 Å². The molecule has 0 saturated carbocycles. The molecule has 1 fully saturated rings. The van der Waals surface area contributed by atoms with Crippen LogP contribution < -0.4 is 0 Å². The molecule has 4 N–H and O–H groups in total. The van der Waals surface area contributed by atoms with E-state index in [2.05, 4.69) is 11.1 Å². The van der Waals surface area contributed by atoms with Crippen molar-refractivity contribution in [2.45, 2.75) is 134 Å². The second kappa shape index (κ2) is 20.9. The zero-order valence-electron chi connectivity index (χ0n) is 23.4. The fourth-order valence-corrected chi connectivity index (χ4v) is 4.77. The van der Waals surface area contributed by atoms with Crippen LogP contribution in [0.15, 0.2) is 0 Å². The number of ether oxygens (including phenoxy) is 4. The van der Waals surface area contributed by atoms with E-state index in [4.69, 9.17) is 23.5 Å². The van der Waals surface area contributed by atoms with E-state index in [0.29, 0.717) is 13.0 Å². The molecule has 1 rings (SSSR count). The molecule has 0 amide bonds. The van der Waals surface area contributed by atoms with Crippen molar-refractivity contribution in [1.29, 1.82) is 0 Å². The van der Waals surface area contributed by atoms with Gasteiger partial charge < -0.3 is 34.3 Å². The van der Waals surface area contributed by atoms with Gasteiger partial charge in [0.05, 0.1) is 19.8 Å². The molecule has 0 spiro atoms. The summed E-state index contributed by atoms with van der Waals surface area (Å²) >= 11 is 0. The van der Waals surface area contributed by atoms with E-state index in [-0.39, 0.29) is 19.6 Å². The van der Waals surface area contributed by atoms with Gasteiger partial charge in [0.15, 0.2) is 6.29 Å². The average molecular weight is 587 g/mol. The van der Waals surface area contributed by atoms with Crippen LogP contribution in [0.2, 0.25) is 0 Å². The van der Waals surface area contributed by atoms with Gasteiger partial charge in [0.2, 0.25) is 0 Å². The first-order valence-corrected chi connectivity index (χ1v) is 15.7. The molecule has 1 saturated heterocycles. The van der Waals surface area contributed by atoms with Crippen molar-refractivity contribution < 1.29 is 56.2 Å². The third-order valence-electron chi connectivity index (χ3n) is 6.48. The van der Waals surface area contributed by atoms with Crippen LogP contribution in [0.3, 0.4) is 0 Å². The van der Waals surface area contributed by atoms with Gasteiger partial charge in [-0.25, -0.2) is 4.18 Å². The Morgan fingerprint density at radius 3 is 2.05 bits per heavy atom. The van der Waals surface area contributed by atoms with Crippen LogP contribution in [0, 0.1) is 0 Å². The minimum atomic E-state index is -5.03. The lowest BCUT2D eigenvalue weighted by molar-refractivity contribution is -0.301. The van der Waals surface area contributed by atoms with Crippen molar-refractivity contribution >= 4 is 16.4 Å². The van der Waals surface area contributed by atoms with Gasteiger partial charge >= 0.3 is 16.4 Å². The maximum atomic E-state index is 12.3. The summed E-state index contributed by atoms with van der Waals surface area (Å²) in [7, 11) is -5.03. The van der Waals surface area contributed by atoms with Crippen LogP contribution in [0.4, 0.5) is 0 Å². The maximum absolute atomic E-state index is 12.3. The zero-order chi connectivity index (χ0) is 29.1. The van der Waals surface area contributed by atoms with Gasteiger partial charge in [-0.15, -0.1) is 0 Å². The highest BCUT2D eigenvalue weighted by atomic mass is 32.3. The van der Waals surface area contributed by atoms with E-state index in [9.17, 15) is 28.5 Å². The van der Waals surface area contributed by atoms with Gasteiger partial charge in [0.1, 0.15) is 30.5 Å². The molecule has 0 aromatic rings. The molecule has 13 heteroatoms. The number of unbranched alkanes of at least 4 members (excludes halogenated alkanes) is 10. The van der Waals surface area contributed by atoms with Crippen LogP contribution in [-0.4, -0.2) is 97.5 Å². The lowest BCUT2D eigenvalue weighted by atomic mass is 9.99. The first kappa shape index (κ1) is 36.1. The molecule has 0 bridgehead atoms. The SMILES string of the molecule is CCCCCCCCCCCOCC(COC1OC(CO)C(O)C(OS(=O)(=O)O)C1O)OC(=O)CCCCC. The minimum absolute atomic E-state index is 0.0380. The predicted molar refractivity (Wildman–Crippen MR) is 142 cm³/mol. The molecule has 0 aliphatic carbocycles. The normalized spacial score (nSPS) is 24.5. The van der Waals surface area contributed by atoms with E-state index in [1.54, 1.807) is 0 Å². The number of hydrogen-bond donors (Lipinski definition) is 4. The van der Waals surface area contributed by atoms with Crippen LogP contribution >= 0.6 is 0 Å². The number of hydrogen-bond acceptors (Lipinski definition) is 11. The molecule has 232 valence electrons. The molecule has 0 aromatic carbocycles. The number of rotatable bonds is 23. The van der Waals surface area contributed by atoms with Gasteiger partial charge in [-0.3, -0.25) is 9.35 Å². The Morgan fingerprint density at radius 2 is 1.46 bits per heavy atom. The smallest absolute Gasteiger partial charge is 0.397 e. The van der Waals surface area contributed by atoms with Gasteiger partial charge in [-0.2, -0.15) is 8.42 Å². The Hall–Kier alpha value is -0.900. The van der Waals surface area contributed by atoms with Crippen molar-refractivity contribution in [2.24, 2.45) is 0 Å². The third-order valence-corrected chi connectivity index (χ3v) is 6.94. The molecule has 0 radical (unpaired) electrons.